The van der Waals surface area contributed by atoms with Crippen molar-refractivity contribution >= 4 is 16.7 Å². The number of nitrogens with one attached hydrogen (secondary N) is 1. The molecule has 1 amide bonds. The summed E-state index contributed by atoms with van der Waals surface area (Å²) in [6, 6.07) is 3.30. The average Bonchev–Trinajstić information content (AvgIpc) is 3.19. The molecule has 1 saturated heterocycles. The Kier molecular flexibility index (Phi) is 5.46. The molecule has 7 heteroatoms. The van der Waals surface area contributed by atoms with Gasteiger partial charge in [-0.05, 0) is 31.9 Å². The van der Waals surface area contributed by atoms with Crippen molar-refractivity contribution in [3.8, 4) is 11.5 Å². The van der Waals surface area contributed by atoms with E-state index in [-0.39, 0.29) is 17.6 Å². The predicted molar refractivity (Wildman–Crippen MR) is 98.3 cm³/mol. The van der Waals surface area contributed by atoms with Gasteiger partial charge in [-0.3, -0.25) is 9.59 Å². The van der Waals surface area contributed by atoms with Crippen molar-refractivity contribution in [1.29, 1.82) is 0 Å². The summed E-state index contributed by atoms with van der Waals surface area (Å²) in [4.78, 5) is 25.5. The van der Waals surface area contributed by atoms with Crippen LogP contribution in [-0.4, -0.2) is 43.9 Å². The zero-order valence-electron chi connectivity index (χ0n) is 15.3. The van der Waals surface area contributed by atoms with Crippen LogP contribution in [0.1, 0.15) is 30.1 Å². The number of nitrogens with zero attached hydrogens (tertiary/aromatic N) is 1. The molecule has 26 heavy (non-hydrogen) atoms. The van der Waals surface area contributed by atoms with E-state index in [1.54, 1.807) is 18.3 Å². The lowest BCUT2D eigenvalue weighted by molar-refractivity contribution is 0.0858. The van der Waals surface area contributed by atoms with Crippen LogP contribution in [0.3, 0.4) is 0 Å². The summed E-state index contributed by atoms with van der Waals surface area (Å²) < 4.78 is 17.7. The van der Waals surface area contributed by atoms with Crippen LogP contribution >= 0.6 is 0 Å². The number of amides is 1. The molecular weight excluding hydrogens is 336 g/mol. The van der Waals surface area contributed by atoms with E-state index in [4.69, 9.17) is 14.2 Å². The van der Waals surface area contributed by atoms with Gasteiger partial charge in [0.05, 0.1) is 31.3 Å². The Morgan fingerprint density at radius 3 is 2.54 bits per heavy atom. The van der Waals surface area contributed by atoms with Gasteiger partial charge in [0.1, 0.15) is 0 Å². The summed E-state index contributed by atoms with van der Waals surface area (Å²) in [6.07, 6.45) is 3.61. The highest BCUT2D eigenvalue weighted by Gasteiger charge is 2.20. The first kappa shape index (κ1) is 18.3. The Balaban J connectivity index is 2.05. The number of carbonyl (C=O) groups excluding carboxylic acids is 1. The van der Waals surface area contributed by atoms with Crippen molar-refractivity contribution in [2.75, 3.05) is 27.4 Å². The van der Waals surface area contributed by atoms with Gasteiger partial charge in [-0.1, -0.05) is 0 Å². The second-order valence-corrected chi connectivity index (χ2v) is 6.23. The number of methoxy groups -OCH3 is 2. The molecule has 1 atom stereocenters. The third kappa shape index (κ3) is 3.39. The maximum Gasteiger partial charge on any atom is 0.258 e. The smallest absolute Gasteiger partial charge is 0.258 e. The molecule has 0 spiro atoms. The fourth-order valence-corrected chi connectivity index (χ4v) is 3.24. The molecular formula is C19H24N2O5. The fourth-order valence-electron chi connectivity index (χ4n) is 3.24. The van der Waals surface area contributed by atoms with Crippen LogP contribution in [0, 0.1) is 0 Å². The molecule has 0 bridgehead atoms. The topological polar surface area (TPSA) is 78.8 Å². The Bertz CT molecular complexity index is 868. The quantitative estimate of drug-likeness (QED) is 0.852. The summed E-state index contributed by atoms with van der Waals surface area (Å²) in [5, 5.41) is 3.89. The van der Waals surface area contributed by atoms with Gasteiger partial charge in [-0.25, -0.2) is 0 Å². The first-order chi connectivity index (χ1) is 12.6. The number of hydrogen-bond acceptors (Lipinski definition) is 5. The third-order valence-corrected chi connectivity index (χ3v) is 4.69. The second-order valence-electron chi connectivity index (χ2n) is 6.23. The predicted octanol–water partition coefficient (Wildman–Crippen LogP) is 1.95. The molecule has 7 nitrogen and oxygen atoms in total. The Hall–Kier alpha value is -2.54. The van der Waals surface area contributed by atoms with E-state index in [9.17, 15) is 9.59 Å². The number of benzene rings is 1. The molecule has 1 aliphatic rings. The van der Waals surface area contributed by atoms with Gasteiger partial charge < -0.3 is 24.1 Å². The SMILES string of the molecule is CCn1cc(C(=O)NC[C@@H]2CCCO2)c2cc(OC)c(OC)cc2c1=O. The molecule has 1 fully saturated rings. The lowest BCUT2D eigenvalue weighted by Crippen LogP contribution is -2.33. The van der Waals surface area contributed by atoms with Gasteiger partial charge in [0.15, 0.2) is 11.5 Å². The van der Waals surface area contributed by atoms with Crippen LogP contribution in [0.5, 0.6) is 11.5 Å². The van der Waals surface area contributed by atoms with Crippen molar-refractivity contribution in [2.45, 2.75) is 32.4 Å². The standard InChI is InChI=1S/C19H24N2O5/c1-4-21-11-15(18(22)20-10-12-6-5-7-26-12)13-8-16(24-2)17(25-3)9-14(13)19(21)23/h8-9,11-12H,4-7,10H2,1-3H3,(H,20,22)/t12-/m0/s1. The number of rotatable bonds is 6. The molecule has 1 aromatic heterocycles. The number of aryl methyl sites for hydroxylation is 1. The Morgan fingerprint density at radius 1 is 1.27 bits per heavy atom. The summed E-state index contributed by atoms with van der Waals surface area (Å²) in [6.45, 7) is 3.53. The van der Waals surface area contributed by atoms with Gasteiger partial charge in [0.25, 0.3) is 11.5 Å². The van der Waals surface area contributed by atoms with E-state index in [2.05, 4.69) is 5.32 Å². The minimum atomic E-state index is -0.236. The van der Waals surface area contributed by atoms with Crippen molar-refractivity contribution in [1.82, 2.24) is 9.88 Å². The second kappa shape index (κ2) is 7.78. The number of carbonyl (C=O) groups is 1. The molecule has 0 radical (unpaired) electrons. The summed E-state index contributed by atoms with van der Waals surface area (Å²) in [5.74, 6) is 0.693. The normalized spacial score (nSPS) is 16.7. The Morgan fingerprint density at radius 2 is 1.96 bits per heavy atom. The number of fused-ring (bicyclic) bond motifs is 1. The number of pyridine rings is 1. The summed E-state index contributed by atoms with van der Waals surface area (Å²) in [5.41, 5.74) is 0.263. The van der Waals surface area contributed by atoms with Crippen LogP contribution in [0.2, 0.25) is 0 Å². The lowest BCUT2D eigenvalue weighted by atomic mass is 10.1. The molecule has 1 aromatic carbocycles. The molecule has 2 heterocycles. The third-order valence-electron chi connectivity index (χ3n) is 4.69. The van der Waals surface area contributed by atoms with Gasteiger partial charge >= 0.3 is 0 Å². The monoisotopic (exact) mass is 360 g/mol. The minimum Gasteiger partial charge on any atom is -0.493 e. The van der Waals surface area contributed by atoms with E-state index in [1.165, 1.54) is 18.8 Å². The van der Waals surface area contributed by atoms with Crippen molar-refractivity contribution in [3.63, 3.8) is 0 Å². The fraction of sp³-hybridized carbons (Fsp3) is 0.474. The molecule has 140 valence electrons. The van der Waals surface area contributed by atoms with E-state index in [0.29, 0.717) is 40.9 Å². The van der Waals surface area contributed by atoms with Crippen LogP contribution in [0.15, 0.2) is 23.1 Å². The molecule has 1 aliphatic heterocycles. The summed E-state index contributed by atoms with van der Waals surface area (Å²) >= 11 is 0. The van der Waals surface area contributed by atoms with Gasteiger partial charge in [0.2, 0.25) is 0 Å². The minimum absolute atomic E-state index is 0.0527. The molecule has 0 saturated carbocycles. The van der Waals surface area contributed by atoms with Crippen LogP contribution in [-0.2, 0) is 11.3 Å². The van der Waals surface area contributed by atoms with Gasteiger partial charge in [0, 0.05) is 31.3 Å². The van der Waals surface area contributed by atoms with Gasteiger partial charge in [-0.15, -0.1) is 0 Å². The average molecular weight is 360 g/mol. The molecule has 3 rings (SSSR count). The molecule has 0 unspecified atom stereocenters. The van der Waals surface area contributed by atoms with E-state index < -0.39 is 0 Å². The van der Waals surface area contributed by atoms with Crippen molar-refractivity contribution < 1.29 is 19.0 Å². The maximum absolute atomic E-state index is 12.8. The Labute approximate surface area is 151 Å². The van der Waals surface area contributed by atoms with Gasteiger partial charge in [-0.2, -0.15) is 0 Å². The van der Waals surface area contributed by atoms with Crippen LogP contribution in [0.25, 0.3) is 10.8 Å². The van der Waals surface area contributed by atoms with Crippen molar-refractivity contribution in [3.05, 3.63) is 34.2 Å². The number of ether oxygens (including phenoxy) is 3. The van der Waals surface area contributed by atoms with Crippen molar-refractivity contribution in [2.24, 2.45) is 0 Å². The lowest BCUT2D eigenvalue weighted by Gasteiger charge is -2.15. The van der Waals surface area contributed by atoms with E-state index >= 15 is 0 Å². The van der Waals surface area contributed by atoms with Crippen LogP contribution in [0.4, 0.5) is 0 Å². The first-order valence-corrected chi connectivity index (χ1v) is 8.78. The summed E-state index contributed by atoms with van der Waals surface area (Å²) in [7, 11) is 3.04. The number of aromatic nitrogens is 1. The highest BCUT2D eigenvalue weighted by molar-refractivity contribution is 6.07. The largest absolute Gasteiger partial charge is 0.493 e. The zero-order chi connectivity index (χ0) is 18.7. The maximum atomic E-state index is 12.8. The van der Waals surface area contributed by atoms with E-state index in [1.807, 2.05) is 6.92 Å². The highest BCUT2D eigenvalue weighted by atomic mass is 16.5. The molecule has 0 aliphatic carbocycles. The zero-order valence-corrected chi connectivity index (χ0v) is 15.3. The first-order valence-electron chi connectivity index (χ1n) is 8.78. The molecule has 1 N–H and O–H groups in total. The van der Waals surface area contributed by atoms with Crippen LogP contribution < -0.4 is 20.3 Å². The van der Waals surface area contributed by atoms with E-state index in [0.717, 1.165) is 19.4 Å². The highest BCUT2D eigenvalue weighted by Crippen LogP contribution is 2.32. The molecule has 2 aromatic rings. The number of hydrogen-bond donors (Lipinski definition) is 1.